The topological polar surface area (TPSA) is 58.6 Å². The van der Waals surface area contributed by atoms with Crippen molar-refractivity contribution in [1.82, 2.24) is 5.32 Å². The molecule has 1 N–H and O–H groups in total. The summed E-state index contributed by atoms with van der Waals surface area (Å²) in [7, 11) is -1.48. The molecule has 1 aromatic rings. The summed E-state index contributed by atoms with van der Waals surface area (Å²) < 4.78 is 28.9. The number of nitrogens with zero attached hydrogens (tertiary/aromatic N) is 1. The maximum absolute atomic E-state index is 11.8. The van der Waals surface area contributed by atoms with Gasteiger partial charge in [0.15, 0.2) is 14.9 Å². The fraction of sp³-hybridized carbons (Fsp3) is 0.417. The fourth-order valence-corrected chi connectivity index (χ4v) is 5.18. The summed E-state index contributed by atoms with van der Waals surface area (Å²) >= 11 is 11.4. The van der Waals surface area contributed by atoms with E-state index in [4.69, 9.17) is 28.6 Å². The molecule has 108 valence electrons. The van der Waals surface area contributed by atoms with Crippen LogP contribution in [0.5, 0.6) is 5.75 Å². The van der Waals surface area contributed by atoms with Crippen molar-refractivity contribution >= 4 is 44.5 Å². The van der Waals surface area contributed by atoms with Crippen molar-refractivity contribution in [2.24, 2.45) is 0 Å². The molecule has 1 aromatic carbocycles. The summed E-state index contributed by atoms with van der Waals surface area (Å²) in [5, 5.41) is 4.13. The second-order valence-electron chi connectivity index (χ2n) is 4.89. The lowest BCUT2D eigenvalue weighted by Gasteiger charge is -2.25. The molecule has 0 aliphatic carbocycles. The highest BCUT2D eigenvalue weighted by molar-refractivity contribution is 7.91. The summed E-state index contributed by atoms with van der Waals surface area (Å²) in [6.07, 6.45) is 0. The van der Waals surface area contributed by atoms with Crippen LogP contribution >= 0.6 is 23.8 Å². The SMILES string of the molecule is COc1ccc(Cl)cc1N1C(=S)N[C@@H]2CS(=O)(=O)C[C@@H]21. The van der Waals surface area contributed by atoms with Gasteiger partial charge in [0.25, 0.3) is 0 Å². The van der Waals surface area contributed by atoms with E-state index in [1.165, 1.54) is 0 Å². The van der Waals surface area contributed by atoms with Gasteiger partial charge in [0.1, 0.15) is 5.75 Å². The van der Waals surface area contributed by atoms with E-state index in [-0.39, 0.29) is 23.6 Å². The second-order valence-corrected chi connectivity index (χ2v) is 7.86. The largest absolute Gasteiger partial charge is 0.495 e. The minimum absolute atomic E-state index is 0.0838. The van der Waals surface area contributed by atoms with E-state index in [0.717, 1.165) is 0 Å². The number of nitrogens with one attached hydrogen (secondary N) is 1. The highest BCUT2D eigenvalue weighted by Crippen LogP contribution is 2.37. The highest BCUT2D eigenvalue weighted by Gasteiger charge is 2.48. The Bertz CT molecular complexity index is 677. The van der Waals surface area contributed by atoms with Crippen LogP contribution in [0.1, 0.15) is 0 Å². The van der Waals surface area contributed by atoms with E-state index in [1.54, 1.807) is 30.2 Å². The minimum Gasteiger partial charge on any atom is -0.495 e. The maximum atomic E-state index is 11.8. The maximum Gasteiger partial charge on any atom is 0.174 e. The summed E-state index contributed by atoms with van der Waals surface area (Å²) in [6, 6.07) is 4.83. The lowest BCUT2D eigenvalue weighted by Crippen LogP contribution is -2.37. The number of anilines is 1. The molecule has 0 saturated carbocycles. The predicted molar refractivity (Wildman–Crippen MR) is 82.4 cm³/mol. The van der Waals surface area contributed by atoms with Crippen LogP contribution < -0.4 is 15.0 Å². The van der Waals surface area contributed by atoms with Crippen molar-refractivity contribution in [3.05, 3.63) is 23.2 Å². The first kappa shape index (κ1) is 13.9. The summed E-state index contributed by atoms with van der Waals surface area (Å²) in [6.45, 7) is 0. The van der Waals surface area contributed by atoms with Crippen molar-refractivity contribution in [2.45, 2.75) is 12.1 Å². The Labute approximate surface area is 127 Å². The van der Waals surface area contributed by atoms with Gasteiger partial charge in [-0.3, -0.25) is 0 Å². The number of hydrogen-bond acceptors (Lipinski definition) is 4. The van der Waals surface area contributed by atoms with Crippen LogP contribution in [-0.2, 0) is 9.84 Å². The third kappa shape index (κ3) is 2.23. The monoisotopic (exact) mass is 332 g/mol. The Morgan fingerprint density at radius 2 is 2.20 bits per heavy atom. The first-order chi connectivity index (χ1) is 9.41. The molecule has 3 rings (SSSR count). The average Bonchev–Trinajstić information content (AvgIpc) is 2.79. The van der Waals surface area contributed by atoms with Gasteiger partial charge in [0.2, 0.25) is 0 Å². The molecule has 2 fully saturated rings. The molecule has 0 radical (unpaired) electrons. The van der Waals surface area contributed by atoms with Crippen LogP contribution in [0.2, 0.25) is 5.02 Å². The first-order valence-electron chi connectivity index (χ1n) is 6.05. The standard InChI is InChI=1S/C12H13ClN2O3S2/c1-18-11-3-2-7(13)4-9(11)15-10-6-20(16,17)5-8(10)14-12(15)19/h2-4,8,10H,5-6H2,1H3,(H,14,19)/t8-,10+/m1/s1. The van der Waals surface area contributed by atoms with Crippen LogP contribution in [0, 0.1) is 0 Å². The molecular weight excluding hydrogens is 320 g/mol. The normalized spacial score (nSPS) is 27.3. The van der Waals surface area contributed by atoms with Crippen molar-refractivity contribution in [3.8, 4) is 5.75 Å². The number of halogens is 1. The number of fused-ring (bicyclic) bond motifs is 1. The van der Waals surface area contributed by atoms with Crippen LogP contribution in [0.15, 0.2) is 18.2 Å². The van der Waals surface area contributed by atoms with E-state index in [0.29, 0.717) is 21.6 Å². The molecule has 0 aromatic heterocycles. The van der Waals surface area contributed by atoms with Crippen LogP contribution in [0.3, 0.4) is 0 Å². The van der Waals surface area contributed by atoms with E-state index < -0.39 is 9.84 Å². The number of sulfone groups is 1. The van der Waals surface area contributed by atoms with Crippen LogP contribution in [-0.4, -0.2) is 44.2 Å². The van der Waals surface area contributed by atoms with Gasteiger partial charge < -0.3 is 15.0 Å². The minimum atomic E-state index is -3.04. The lowest BCUT2D eigenvalue weighted by atomic mass is 10.1. The average molecular weight is 333 g/mol. The Kier molecular flexibility index (Phi) is 3.30. The smallest absolute Gasteiger partial charge is 0.174 e. The number of hydrogen-bond donors (Lipinski definition) is 1. The van der Waals surface area contributed by atoms with Gasteiger partial charge in [-0.1, -0.05) is 11.6 Å². The molecule has 0 amide bonds. The molecule has 2 atom stereocenters. The number of thiocarbonyl (C=S) groups is 1. The molecule has 0 bridgehead atoms. The zero-order chi connectivity index (χ0) is 14.5. The van der Waals surface area contributed by atoms with Gasteiger partial charge >= 0.3 is 0 Å². The predicted octanol–water partition coefficient (Wildman–Crippen LogP) is 1.21. The molecular formula is C12H13ClN2O3S2. The molecule has 20 heavy (non-hydrogen) atoms. The summed E-state index contributed by atoms with van der Waals surface area (Å²) in [5.74, 6) is 0.806. The second kappa shape index (κ2) is 4.75. The van der Waals surface area contributed by atoms with Crippen molar-refractivity contribution in [2.75, 3.05) is 23.5 Å². The Morgan fingerprint density at radius 1 is 1.45 bits per heavy atom. The van der Waals surface area contributed by atoms with Crippen LogP contribution in [0.25, 0.3) is 0 Å². The molecule has 0 spiro atoms. The van der Waals surface area contributed by atoms with Crippen molar-refractivity contribution in [1.29, 1.82) is 0 Å². The van der Waals surface area contributed by atoms with E-state index >= 15 is 0 Å². The number of methoxy groups -OCH3 is 1. The van der Waals surface area contributed by atoms with Gasteiger partial charge in [-0.25, -0.2) is 8.42 Å². The Morgan fingerprint density at radius 3 is 2.90 bits per heavy atom. The van der Waals surface area contributed by atoms with Gasteiger partial charge in [-0.15, -0.1) is 0 Å². The Hall–Kier alpha value is -1.05. The number of rotatable bonds is 2. The quantitative estimate of drug-likeness (QED) is 0.822. The number of benzene rings is 1. The van der Waals surface area contributed by atoms with E-state index in [1.807, 2.05) is 0 Å². The molecule has 5 nitrogen and oxygen atoms in total. The van der Waals surface area contributed by atoms with Crippen molar-refractivity contribution in [3.63, 3.8) is 0 Å². The molecule has 2 saturated heterocycles. The van der Waals surface area contributed by atoms with Crippen LogP contribution in [0.4, 0.5) is 5.69 Å². The highest BCUT2D eigenvalue weighted by atomic mass is 35.5. The fourth-order valence-electron chi connectivity index (χ4n) is 2.74. The third-order valence-electron chi connectivity index (χ3n) is 3.58. The zero-order valence-electron chi connectivity index (χ0n) is 10.7. The zero-order valence-corrected chi connectivity index (χ0v) is 13.1. The molecule has 0 unspecified atom stereocenters. The summed E-state index contributed by atoms with van der Waals surface area (Å²) in [4.78, 5) is 1.80. The van der Waals surface area contributed by atoms with E-state index in [2.05, 4.69) is 5.32 Å². The number of ether oxygens (including phenoxy) is 1. The lowest BCUT2D eigenvalue weighted by molar-refractivity contribution is 0.415. The van der Waals surface area contributed by atoms with Crippen molar-refractivity contribution < 1.29 is 13.2 Å². The molecule has 8 heteroatoms. The first-order valence-corrected chi connectivity index (χ1v) is 8.66. The van der Waals surface area contributed by atoms with E-state index in [9.17, 15) is 8.42 Å². The van der Waals surface area contributed by atoms with Gasteiger partial charge in [-0.2, -0.15) is 0 Å². The summed E-state index contributed by atoms with van der Waals surface area (Å²) in [5.41, 5.74) is 0.696. The van der Waals surface area contributed by atoms with Gasteiger partial charge in [0, 0.05) is 5.02 Å². The van der Waals surface area contributed by atoms with Gasteiger partial charge in [-0.05, 0) is 30.4 Å². The Balaban J connectivity index is 2.05. The molecule has 2 aliphatic rings. The van der Waals surface area contributed by atoms with Gasteiger partial charge in [0.05, 0.1) is 36.4 Å². The third-order valence-corrected chi connectivity index (χ3v) is 5.85. The molecule has 2 aliphatic heterocycles. The molecule has 2 heterocycles.